The molecule has 0 bridgehead atoms. The highest BCUT2D eigenvalue weighted by molar-refractivity contribution is 9.10. The standard InChI is InChI=1S/C17H22BrN3/c1-4-21-16(17(18)13(3)19-21)11-20-12(2)9-10-14-7-5-6-8-15(14)20/h5-8,12H,4,9-11H2,1-3H3. The Hall–Kier alpha value is -1.29. The van der Waals surface area contributed by atoms with Crippen molar-refractivity contribution >= 4 is 21.6 Å². The van der Waals surface area contributed by atoms with Crippen LogP contribution >= 0.6 is 15.9 Å². The molecule has 1 aromatic carbocycles. The van der Waals surface area contributed by atoms with Gasteiger partial charge in [0.05, 0.1) is 22.4 Å². The molecular weight excluding hydrogens is 326 g/mol. The van der Waals surface area contributed by atoms with Gasteiger partial charge >= 0.3 is 0 Å². The first-order valence-corrected chi connectivity index (χ1v) is 8.47. The summed E-state index contributed by atoms with van der Waals surface area (Å²) >= 11 is 3.72. The fourth-order valence-electron chi connectivity index (χ4n) is 3.18. The summed E-state index contributed by atoms with van der Waals surface area (Å²) in [6, 6.07) is 9.35. The number of hydrogen-bond donors (Lipinski definition) is 0. The smallest absolute Gasteiger partial charge is 0.0739 e. The van der Waals surface area contributed by atoms with Crippen molar-refractivity contribution in [2.45, 2.75) is 52.7 Å². The topological polar surface area (TPSA) is 21.1 Å². The van der Waals surface area contributed by atoms with E-state index < -0.39 is 0 Å². The molecule has 2 aromatic rings. The number of para-hydroxylation sites is 1. The van der Waals surface area contributed by atoms with E-state index in [4.69, 9.17) is 0 Å². The molecule has 0 amide bonds. The summed E-state index contributed by atoms with van der Waals surface area (Å²) in [5.41, 5.74) is 5.19. The molecule has 21 heavy (non-hydrogen) atoms. The quantitative estimate of drug-likeness (QED) is 0.824. The van der Waals surface area contributed by atoms with Crippen LogP contribution in [0.1, 0.15) is 37.2 Å². The maximum absolute atomic E-state index is 4.62. The van der Waals surface area contributed by atoms with Crippen molar-refractivity contribution in [1.82, 2.24) is 9.78 Å². The average Bonchev–Trinajstić information content (AvgIpc) is 2.77. The molecule has 0 saturated heterocycles. The molecule has 3 nitrogen and oxygen atoms in total. The lowest BCUT2D eigenvalue weighted by atomic mass is 9.96. The van der Waals surface area contributed by atoms with Gasteiger partial charge in [-0.25, -0.2) is 0 Å². The first-order chi connectivity index (χ1) is 10.1. The second kappa shape index (κ2) is 5.84. The van der Waals surface area contributed by atoms with Crippen LogP contribution in [-0.4, -0.2) is 15.8 Å². The van der Waals surface area contributed by atoms with Gasteiger partial charge in [-0.05, 0) is 61.2 Å². The summed E-state index contributed by atoms with van der Waals surface area (Å²) in [5, 5.41) is 4.62. The van der Waals surface area contributed by atoms with Gasteiger partial charge in [0.2, 0.25) is 0 Å². The number of hydrogen-bond acceptors (Lipinski definition) is 2. The molecule has 112 valence electrons. The molecule has 0 saturated carbocycles. The van der Waals surface area contributed by atoms with Crippen molar-refractivity contribution in [3.8, 4) is 0 Å². The number of halogens is 1. The first-order valence-electron chi connectivity index (χ1n) is 7.68. The third-order valence-electron chi connectivity index (χ3n) is 4.44. The van der Waals surface area contributed by atoms with Crippen LogP contribution in [0.4, 0.5) is 5.69 Å². The fourth-order valence-corrected chi connectivity index (χ4v) is 3.59. The average molecular weight is 348 g/mol. The monoisotopic (exact) mass is 347 g/mol. The molecule has 2 heterocycles. The molecule has 1 aliphatic heterocycles. The Kier molecular flexibility index (Phi) is 4.07. The van der Waals surface area contributed by atoms with Gasteiger partial charge < -0.3 is 4.90 Å². The van der Waals surface area contributed by atoms with Gasteiger partial charge in [-0.1, -0.05) is 18.2 Å². The van der Waals surface area contributed by atoms with E-state index in [1.165, 1.54) is 29.8 Å². The lowest BCUT2D eigenvalue weighted by Crippen LogP contribution is -2.37. The molecule has 1 unspecified atom stereocenters. The Balaban J connectivity index is 1.98. The number of aromatic nitrogens is 2. The van der Waals surface area contributed by atoms with E-state index in [1.807, 2.05) is 0 Å². The fraction of sp³-hybridized carbons (Fsp3) is 0.471. The summed E-state index contributed by atoms with van der Waals surface area (Å²) in [6.45, 7) is 8.35. The maximum Gasteiger partial charge on any atom is 0.0739 e. The third-order valence-corrected chi connectivity index (χ3v) is 5.47. The van der Waals surface area contributed by atoms with Crippen molar-refractivity contribution in [3.63, 3.8) is 0 Å². The second-order valence-electron chi connectivity index (χ2n) is 5.81. The summed E-state index contributed by atoms with van der Waals surface area (Å²) in [7, 11) is 0. The predicted molar refractivity (Wildman–Crippen MR) is 90.7 cm³/mol. The van der Waals surface area contributed by atoms with E-state index in [2.05, 4.69) is 75.6 Å². The molecule has 0 radical (unpaired) electrons. The zero-order chi connectivity index (χ0) is 15.0. The van der Waals surface area contributed by atoms with Gasteiger partial charge in [0.1, 0.15) is 0 Å². The van der Waals surface area contributed by atoms with E-state index in [0.29, 0.717) is 6.04 Å². The second-order valence-corrected chi connectivity index (χ2v) is 6.60. The molecule has 0 spiro atoms. The van der Waals surface area contributed by atoms with Crippen LogP contribution in [0.2, 0.25) is 0 Å². The summed E-state index contributed by atoms with van der Waals surface area (Å²) in [4.78, 5) is 2.52. The van der Waals surface area contributed by atoms with Crippen LogP contribution in [0.25, 0.3) is 0 Å². The molecule has 1 aliphatic rings. The van der Waals surface area contributed by atoms with Crippen molar-refractivity contribution in [2.24, 2.45) is 0 Å². The Morgan fingerprint density at radius 3 is 2.86 bits per heavy atom. The predicted octanol–water partition coefficient (Wildman–Crippen LogP) is 4.32. The lowest BCUT2D eigenvalue weighted by Gasteiger charge is -2.37. The van der Waals surface area contributed by atoms with E-state index in [9.17, 15) is 0 Å². The third kappa shape index (κ3) is 2.61. The van der Waals surface area contributed by atoms with Crippen LogP contribution in [0.15, 0.2) is 28.7 Å². The van der Waals surface area contributed by atoms with Crippen LogP contribution in [0.3, 0.4) is 0 Å². The Morgan fingerprint density at radius 2 is 2.10 bits per heavy atom. The Bertz CT molecular complexity index is 647. The number of aryl methyl sites for hydroxylation is 3. The highest BCUT2D eigenvalue weighted by Crippen LogP contribution is 2.33. The van der Waals surface area contributed by atoms with Crippen molar-refractivity contribution in [1.29, 1.82) is 0 Å². The van der Waals surface area contributed by atoms with Crippen LogP contribution in [0, 0.1) is 6.92 Å². The zero-order valence-corrected chi connectivity index (χ0v) is 14.5. The van der Waals surface area contributed by atoms with Crippen molar-refractivity contribution in [3.05, 3.63) is 45.7 Å². The maximum atomic E-state index is 4.62. The Morgan fingerprint density at radius 1 is 1.33 bits per heavy atom. The first kappa shape index (κ1) is 14.6. The minimum atomic E-state index is 0.562. The van der Waals surface area contributed by atoms with E-state index >= 15 is 0 Å². The summed E-state index contributed by atoms with van der Waals surface area (Å²) in [5.74, 6) is 0. The van der Waals surface area contributed by atoms with Gasteiger partial charge in [0.25, 0.3) is 0 Å². The lowest BCUT2D eigenvalue weighted by molar-refractivity contribution is 0.534. The molecule has 0 fully saturated rings. The SMILES string of the molecule is CCn1nc(C)c(Br)c1CN1c2ccccc2CCC1C. The van der Waals surface area contributed by atoms with Gasteiger partial charge in [-0.3, -0.25) is 4.68 Å². The summed E-state index contributed by atoms with van der Waals surface area (Å²) < 4.78 is 3.27. The molecular formula is C17H22BrN3. The highest BCUT2D eigenvalue weighted by Gasteiger charge is 2.25. The number of fused-ring (bicyclic) bond motifs is 1. The Labute approximate surface area is 135 Å². The number of anilines is 1. The number of nitrogens with zero attached hydrogens (tertiary/aromatic N) is 3. The van der Waals surface area contributed by atoms with E-state index in [0.717, 1.165) is 23.3 Å². The van der Waals surface area contributed by atoms with Crippen LogP contribution in [-0.2, 0) is 19.5 Å². The summed E-state index contributed by atoms with van der Waals surface area (Å²) in [6.07, 6.45) is 2.40. The zero-order valence-electron chi connectivity index (χ0n) is 12.9. The highest BCUT2D eigenvalue weighted by atomic mass is 79.9. The molecule has 0 aliphatic carbocycles. The minimum Gasteiger partial charge on any atom is -0.363 e. The molecule has 4 heteroatoms. The molecule has 1 aromatic heterocycles. The molecule has 1 atom stereocenters. The number of benzene rings is 1. The van der Waals surface area contributed by atoms with E-state index in [-0.39, 0.29) is 0 Å². The van der Waals surface area contributed by atoms with Crippen LogP contribution < -0.4 is 4.90 Å². The van der Waals surface area contributed by atoms with Gasteiger partial charge in [0.15, 0.2) is 0 Å². The number of rotatable bonds is 3. The van der Waals surface area contributed by atoms with Crippen molar-refractivity contribution < 1.29 is 0 Å². The van der Waals surface area contributed by atoms with Crippen molar-refractivity contribution in [2.75, 3.05) is 4.90 Å². The van der Waals surface area contributed by atoms with Gasteiger partial charge in [0, 0.05) is 18.3 Å². The largest absolute Gasteiger partial charge is 0.363 e. The van der Waals surface area contributed by atoms with E-state index in [1.54, 1.807) is 0 Å². The normalized spacial score (nSPS) is 17.9. The molecule has 0 N–H and O–H groups in total. The van der Waals surface area contributed by atoms with Gasteiger partial charge in [-0.2, -0.15) is 5.10 Å². The van der Waals surface area contributed by atoms with Crippen LogP contribution in [0.5, 0.6) is 0 Å². The van der Waals surface area contributed by atoms with Gasteiger partial charge in [-0.15, -0.1) is 0 Å². The minimum absolute atomic E-state index is 0.562. The molecule has 3 rings (SSSR count).